The number of amides is 2. The lowest BCUT2D eigenvalue weighted by Gasteiger charge is -2.37. The summed E-state index contributed by atoms with van der Waals surface area (Å²) in [5.41, 5.74) is 7.28. The van der Waals surface area contributed by atoms with Crippen molar-refractivity contribution in [2.24, 2.45) is 11.7 Å². The molecule has 1 aromatic carbocycles. The molecule has 2 amide bonds. The van der Waals surface area contributed by atoms with Crippen molar-refractivity contribution >= 4 is 23.2 Å². The summed E-state index contributed by atoms with van der Waals surface area (Å²) in [6.45, 7) is 3.76. The van der Waals surface area contributed by atoms with E-state index in [0.717, 1.165) is 37.1 Å². The molecule has 0 bridgehead atoms. The van der Waals surface area contributed by atoms with Crippen LogP contribution in [0.3, 0.4) is 0 Å². The molecule has 0 saturated heterocycles. The van der Waals surface area contributed by atoms with E-state index in [2.05, 4.69) is 10.6 Å². The molecule has 2 atom stereocenters. The predicted octanol–water partition coefficient (Wildman–Crippen LogP) is 2.88. The molecule has 1 aliphatic carbocycles. The van der Waals surface area contributed by atoms with Crippen molar-refractivity contribution in [1.29, 1.82) is 0 Å². The van der Waals surface area contributed by atoms with Gasteiger partial charge in [-0.25, -0.2) is 0 Å². The summed E-state index contributed by atoms with van der Waals surface area (Å²) < 4.78 is 0. The lowest BCUT2D eigenvalue weighted by Crippen LogP contribution is -2.51. The van der Waals surface area contributed by atoms with Crippen LogP contribution in [0.4, 0.5) is 11.4 Å². The second-order valence-electron chi connectivity index (χ2n) is 6.27. The van der Waals surface area contributed by atoms with Crippen molar-refractivity contribution in [3.05, 3.63) is 24.3 Å². The molecule has 0 spiro atoms. The number of carbonyl (C=O) groups excluding carboxylic acids is 2. The third-order valence-corrected chi connectivity index (χ3v) is 4.33. The SMILES string of the molecule is CCC(=O)Nc1ccc(NC(=O)C2CCCCC2(C)N)cc1. The van der Waals surface area contributed by atoms with Crippen LogP contribution in [0.2, 0.25) is 0 Å². The second-order valence-corrected chi connectivity index (χ2v) is 6.27. The standard InChI is InChI=1S/C17H25N3O2/c1-3-15(21)19-12-7-9-13(10-8-12)20-16(22)14-6-4-5-11-17(14,2)18/h7-10,14H,3-6,11,18H2,1-2H3,(H,19,21)(H,20,22). The van der Waals surface area contributed by atoms with Gasteiger partial charge in [-0.2, -0.15) is 0 Å². The number of carbonyl (C=O) groups is 2. The molecule has 1 aromatic rings. The van der Waals surface area contributed by atoms with Gasteiger partial charge in [0.1, 0.15) is 0 Å². The summed E-state index contributed by atoms with van der Waals surface area (Å²) in [7, 11) is 0. The minimum atomic E-state index is -0.433. The lowest BCUT2D eigenvalue weighted by molar-refractivity contribution is -0.122. The third kappa shape index (κ3) is 4.07. The summed E-state index contributed by atoms with van der Waals surface area (Å²) in [5, 5.41) is 5.71. The average molecular weight is 303 g/mol. The van der Waals surface area contributed by atoms with Crippen molar-refractivity contribution in [3.63, 3.8) is 0 Å². The Bertz CT molecular complexity index is 537. The van der Waals surface area contributed by atoms with Crippen molar-refractivity contribution < 1.29 is 9.59 Å². The van der Waals surface area contributed by atoms with Crippen LogP contribution in [-0.4, -0.2) is 17.4 Å². The van der Waals surface area contributed by atoms with Crippen LogP contribution in [0.1, 0.15) is 46.0 Å². The first kappa shape index (κ1) is 16.5. The molecule has 120 valence electrons. The predicted molar refractivity (Wildman–Crippen MR) is 88.5 cm³/mol. The van der Waals surface area contributed by atoms with E-state index < -0.39 is 5.54 Å². The summed E-state index contributed by atoms with van der Waals surface area (Å²) in [6.07, 6.45) is 4.29. The maximum Gasteiger partial charge on any atom is 0.229 e. The number of rotatable bonds is 4. The van der Waals surface area contributed by atoms with Crippen LogP contribution >= 0.6 is 0 Å². The monoisotopic (exact) mass is 303 g/mol. The van der Waals surface area contributed by atoms with Gasteiger partial charge in [0.15, 0.2) is 0 Å². The van der Waals surface area contributed by atoms with Gasteiger partial charge >= 0.3 is 0 Å². The normalized spacial score (nSPS) is 24.6. The zero-order valence-electron chi connectivity index (χ0n) is 13.3. The van der Waals surface area contributed by atoms with E-state index in [1.165, 1.54) is 0 Å². The third-order valence-electron chi connectivity index (χ3n) is 4.33. The van der Waals surface area contributed by atoms with Crippen LogP contribution in [0.25, 0.3) is 0 Å². The van der Waals surface area contributed by atoms with Crippen LogP contribution < -0.4 is 16.4 Å². The zero-order chi connectivity index (χ0) is 16.2. The lowest BCUT2D eigenvalue weighted by atomic mass is 9.74. The number of hydrogen-bond acceptors (Lipinski definition) is 3. The van der Waals surface area contributed by atoms with Crippen LogP contribution in [0.15, 0.2) is 24.3 Å². The Hall–Kier alpha value is -1.88. The van der Waals surface area contributed by atoms with E-state index in [0.29, 0.717) is 6.42 Å². The Morgan fingerprint density at radius 1 is 1.18 bits per heavy atom. The van der Waals surface area contributed by atoms with E-state index >= 15 is 0 Å². The second kappa shape index (κ2) is 6.92. The Kier molecular flexibility index (Phi) is 5.19. The zero-order valence-corrected chi connectivity index (χ0v) is 13.3. The van der Waals surface area contributed by atoms with Gasteiger partial charge < -0.3 is 16.4 Å². The average Bonchev–Trinajstić information content (AvgIpc) is 2.48. The van der Waals surface area contributed by atoms with Crippen molar-refractivity contribution in [1.82, 2.24) is 0 Å². The number of benzene rings is 1. The quantitative estimate of drug-likeness (QED) is 0.799. The molecule has 2 rings (SSSR count). The van der Waals surface area contributed by atoms with Gasteiger partial charge in [0.25, 0.3) is 0 Å². The fourth-order valence-electron chi connectivity index (χ4n) is 2.90. The molecule has 0 heterocycles. The highest BCUT2D eigenvalue weighted by atomic mass is 16.2. The minimum absolute atomic E-state index is 0.0185. The highest BCUT2D eigenvalue weighted by Gasteiger charge is 2.37. The molecule has 2 unspecified atom stereocenters. The molecule has 5 heteroatoms. The molecule has 1 saturated carbocycles. The first-order chi connectivity index (χ1) is 10.4. The largest absolute Gasteiger partial charge is 0.326 e. The molecular weight excluding hydrogens is 278 g/mol. The smallest absolute Gasteiger partial charge is 0.229 e. The molecule has 5 nitrogen and oxygen atoms in total. The molecular formula is C17H25N3O2. The van der Waals surface area contributed by atoms with E-state index in [9.17, 15) is 9.59 Å². The van der Waals surface area contributed by atoms with E-state index in [-0.39, 0.29) is 17.7 Å². The van der Waals surface area contributed by atoms with Crippen LogP contribution in [-0.2, 0) is 9.59 Å². The number of nitrogens with one attached hydrogen (secondary N) is 2. The maximum absolute atomic E-state index is 12.4. The molecule has 0 aliphatic heterocycles. The molecule has 1 aliphatic rings. The van der Waals surface area contributed by atoms with Gasteiger partial charge in [-0.05, 0) is 44.0 Å². The summed E-state index contributed by atoms with van der Waals surface area (Å²) in [4.78, 5) is 23.8. The van der Waals surface area contributed by atoms with Crippen molar-refractivity contribution in [3.8, 4) is 0 Å². The summed E-state index contributed by atoms with van der Waals surface area (Å²) in [6, 6.07) is 7.15. The highest BCUT2D eigenvalue weighted by Crippen LogP contribution is 2.32. The van der Waals surface area contributed by atoms with Gasteiger partial charge in [0.05, 0.1) is 5.92 Å². The van der Waals surface area contributed by atoms with Gasteiger partial charge in [-0.1, -0.05) is 19.8 Å². The molecule has 1 fully saturated rings. The van der Waals surface area contributed by atoms with Gasteiger partial charge in [-0.15, -0.1) is 0 Å². The number of hydrogen-bond donors (Lipinski definition) is 3. The van der Waals surface area contributed by atoms with Gasteiger partial charge in [0.2, 0.25) is 11.8 Å². The van der Waals surface area contributed by atoms with Crippen LogP contribution in [0, 0.1) is 5.92 Å². The summed E-state index contributed by atoms with van der Waals surface area (Å²) in [5.74, 6) is -0.200. The summed E-state index contributed by atoms with van der Waals surface area (Å²) >= 11 is 0. The van der Waals surface area contributed by atoms with E-state index in [1.54, 1.807) is 31.2 Å². The molecule has 0 radical (unpaired) electrons. The molecule has 0 aromatic heterocycles. The molecule has 4 N–H and O–H groups in total. The number of anilines is 2. The Labute approximate surface area is 131 Å². The first-order valence-corrected chi connectivity index (χ1v) is 7.92. The Morgan fingerprint density at radius 2 is 1.77 bits per heavy atom. The van der Waals surface area contributed by atoms with Gasteiger partial charge in [-0.3, -0.25) is 9.59 Å². The fourth-order valence-corrected chi connectivity index (χ4v) is 2.90. The van der Waals surface area contributed by atoms with Gasteiger partial charge in [0, 0.05) is 23.3 Å². The van der Waals surface area contributed by atoms with E-state index in [4.69, 9.17) is 5.73 Å². The maximum atomic E-state index is 12.4. The topological polar surface area (TPSA) is 84.2 Å². The minimum Gasteiger partial charge on any atom is -0.326 e. The highest BCUT2D eigenvalue weighted by molar-refractivity contribution is 5.94. The van der Waals surface area contributed by atoms with E-state index in [1.807, 2.05) is 6.92 Å². The Balaban J connectivity index is 1.98. The number of nitrogens with two attached hydrogens (primary N) is 1. The molecule has 22 heavy (non-hydrogen) atoms. The van der Waals surface area contributed by atoms with Crippen molar-refractivity contribution in [2.45, 2.75) is 51.5 Å². The van der Waals surface area contributed by atoms with Crippen LogP contribution in [0.5, 0.6) is 0 Å². The fraction of sp³-hybridized carbons (Fsp3) is 0.529. The first-order valence-electron chi connectivity index (χ1n) is 7.92. The Morgan fingerprint density at radius 3 is 2.32 bits per heavy atom. The van der Waals surface area contributed by atoms with Crippen molar-refractivity contribution in [2.75, 3.05) is 10.6 Å².